The van der Waals surface area contributed by atoms with E-state index in [9.17, 15) is 9.59 Å². The minimum absolute atomic E-state index is 0.0699. The normalized spacial score (nSPS) is 10.1. The van der Waals surface area contributed by atoms with E-state index in [1.54, 1.807) is 55.6 Å². The average molecular weight is 377 g/mol. The van der Waals surface area contributed by atoms with Crippen molar-refractivity contribution in [2.45, 2.75) is 6.92 Å². The summed E-state index contributed by atoms with van der Waals surface area (Å²) in [6.07, 6.45) is 0. The molecule has 138 valence electrons. The van der Waals surface area contributed by atoms with Gasteiger partial charge in [-0.3, -0.25) is 9.59 Å². The summed E-state index contributed by atoms with van der Waals surface area (Å²) in [4.78, 5) is 25.3. The molecule has 0 aliphatic carbocycles. The molecule has 0 saturated heterocycles. The first-order chi connectivity index (χ1) is 12.5. The van der Waals surface area contributed by atoms with Crippen molar-refractivity contribution in [1.29, 1.82) is 0 Å². The van der Waals surface area contributed by atoms with Crippen LogP contribution in [0.25, 0.3) is 0 Å². The molecule has 0 atom stereocenters. The van der Waals surface area contributed by atoms with Crippen molar-refractivity contribution < 1.29 is 19.1 Å². The van der Waals surface area contributed by atoms with Gasteiger partial charge in [0.05, 0.1) is 13.7 Å². The standard InChI is InChI=1S/C19H21ClN2O4/c1-14(23)22(16-5-3-15(20)4-6-16)13-19(24)21-11-12-26-18-9-7-17(25-2)8-10-18/h3-10H,11-13H2,1-2H3,(H,21,24). The molecule has 7 heteroatoms. The van der Waals surface area contributed by atoms with E-state index in [1.165, 1.54) is 11.8 Å². The quantitative estimate of drug-likeness (QED) is 0.719. The first kappa shape index (κ1) is 19.6. The molecule has 6 nitrogen and oxygen atoms in total. The number of rotatable bonds is 8. The minimum Gasteiger partial charge on any atom is -0.497 e. The molecule has 0 saturated carbocycles. The Morgan fingerprint density at radius 2 is 1.65 bits per heavy atom. The third kappa shape index (κ3) is 5.97. The fourth-order valence-corrected chi connectivity index (χ4v) is 2.36. The summed E-state index contributed by atoms with van der Waals surface area (Å²) in [7, 11) is 1.60. The van der Waals surface area contributed by atoms with Crippen LogP contribution in [0.3, 0.4) is 0 Å². The van der Waals surface area contributed by atoms with E-state index in [2.05, 4.69) is 5.32 Å². The van der Waals surface area contributed by atoms with E-state index >= 15 is 0 Å². The van der Waals surface area contributed by atoms with Crippen LogP contribution in [0.4, 0.5) is 5.69 Å². The number of anilines is 1. The molecule has 0 aliphatic heterocycles. The maximum atomic E-state index is 12.1. The fourth-order valence-electron chi connectivity index (χ4n) is 2.24. The van der Waals surface area contributed by atoms with E-state index in [4.69, 9.17) is 21.1 Å². The average Bonchev–Trinajstić information content (AvgIpc) is 2.64. The summed E-state index contributed by atoms with van der Waals surface area (Å²) in [5.41, 5.74) is 0.617. The van der Waals surface area contributed by atoms with Crippen molar-refractivity contribution in [1.82, 2.24) is 5.32 Å². The Bertz CT molecular complexity index is 732. The van der Waals surface area contributed by atoms with E-state index in [0.29, 0.717) is 29.6 Å². The van der Waals surface area contributed by atoms with Crippen molar-refractivity contribution >= 4 is 29.1 Å². The third-order valence-corrected chi connectivity index (χ3v) is 3.82. The number of methoxy groups -OCH3 is 1. The molecule has 2 rings (SSSR count). The lowest BCUT2D eigenvalue weighted by molar-refractivity contribution is -0.123. The van der Waals surface area contributed by atoms with E-state index < -0.39 is 0 Å². The number of amides is 2. The molecule has 0 radical (unpaired) electrons. The van der Waals surface area contributed by atoms with Crippen molar-refractivity contribution in [3.63, 3.8) is 0 Å². The molecule has 26 heavy (non-hydrogen) atoms. The molecule has 2 aromatic rings. The van der Waals surface area contributed by atoms with Gasteiger partial charge in [0.1, 0.15) is 24.7 Å². The second-order valence-corrected chi connectivity index (χ2v) is 5.89. The number of carbonyl (C=O) groups is 2. The Balaban J connectivity index is 1.78. The lowest BCUT2D eigenvalue weighted by atomic mass is 10.2. The van der Waals surface area contributed by atoms with E-state index in [1.807, 2.05) is 0 Å². The Kier molecular flexibility index (Phi) is 7.29. The lowest BCUT2D eigenvalue weighted by Gasteiger charge is -2.20. The number of nitrogens with zero attached hydrogens (tertiary/aromatic N) is 1. The summed E-state index contributed by atoms with van der Waals surface area (Å²) in [6, 6.07) is 13.9. The zero-order chi connectivity index (χ0) is 18.9. The number of benzene rings is 2. The van der Waals surface area contributed by atoms with Crippen LogP contribution in [-0.4, -0.2) is 38.6 Å². The Morgan fingerprint density at radius 1 is 1.04 bits per heavy atom. The van der Waals surface area contributed by atoms with Crippen LogP contribution in [0, 0.1) is 0 Å². The smallest absolute Gasteiger partial charge is 0.240 e. The number of halogens is 1. The Hall–Kier alpha value is -2.73. The molecule has 0 aromatic heterocycles. The van der Waals surface area contributed by atoms with E-state index in [-0.39, 0.29) is 18.4 Å². The second kappa shape index (κ2) is 9.68. The number of ether oxygens (including phenoxy) is 2. The van der Waals surface area contributed by atoms with Crippen molar-refractivity contribution in [3.05, 3.63) is 53.6 Å². The maximum absolute atomic E-state index is 12.1. The second-order valence-electron chi connectivity index (χ2n) is 5.46. The molecule has 2 aromatic carbocycles. The highest BCUT2D eigenvalue weighted by atomic mass is 35.5. The number of hydrogen-bond acceptors (Lipinski definition) is 4. The van der Waals surface area contributed by atoms with Gasteiger partial charge in [-0.25, -0.2) is 0 Å². The van der Waals surface area contributed by atoms with Gasteiger partial charge in [0.15, 0.2) is 0 Å². The van der Waals surface area contributed by atoms with Gasteiger partial charge in [-0.1, -0.05) is 11.6 Å². The number of hydrogen-bond donors (Lipinski definition) is 1. The molecule has 0 heterocycles. The molecule has 2 amide bonds. The third-order valence-electron chi connectivity index (χ3n) is 3.57. The zero-order valence-corrected chi connectivity index (χ0v) is 15.5. The monoisotopic (exact) mass is 376 g/mol. The van der Waals surface area contributed by atoms with Crippen LogP contribution in [-0.2, 0) is 9.59 Å². The summed E-state index contributed by atoms with van der Waals surface area (Å²) >= 11 is 5.85. The summed E-state index contributed by atoms with van der Waals surface area (Å²) < 4.78 is 10.6. The van der Waals surface area contributed by atoms with E-state index in [0.717, 1.165) is 5.75 Å². The van der Waals surface area contributed by atoms with Crippen LogP contribution in [0.1, 0.15) is 6.92 Å². The maximum Gasteiger partial charge on any atom is 0.240 e. The van der Waals surface area contributed by atoms with Gasteiger partial charge in [0.2, 0.25) is 11.8 Å². The fraction of sp³-hybridized carbons (Fsp3) is 0.263. The summed E-state index contributed by atoms with van der Waals surface area (Å²) in [5, 5.41) is 3.30. The molecular formula is C19H21ClN2O4. The van der Waals surface area contributed by atoms with Gasteiger partial charge in [0.25, 0.3) is 0 Å². The number of nitrogens with one attached hydrogen (secondary N) is 1. The minimum atomic E-state index is -0.270. The van der Waals surface area contributed by atoms with Crippen LogP contribution in [0.15, 0.2) is 48.5 Å². The SMILES string of the molecule is COc1ccc(OCCNC(=O)CN(C(C)=O)c2ccc(Cl)cc2)cc1. The Morgan fingerprint density at radius 3 is 2.23 bits per heavy atom. The topological polar surface area (TPSA) is 67.9 Å². The lowest BCUT2D eigenvalue weighted by Crippen LogP contribution is -2.41. The van der Waals surface area contributed by atoms with Crippen LogP contribution in [0.5, 0.6) is 11.5 Å². The van der Waals surface area contributed by atoms with Gasteiger partial charge >= 0.3 is 0 Å². The van der Waals surface area contributed by atoms with Crippen LogP contribution < -0.4 is 19.7 Å². The molecule has 0 fully saturated rings. The molecule has 0 spiro atoms. The highest BCUT2D eigenvalue weighted by molar-refractivity contribution is 6.30. The highest BCUT2D eigenvalue weighted by Gasteiger charge is 2.15. The van der Waals surface area contributed by atoms with Gasteiger partial charge in [-0.15, -0.1) is 0 Å². The largest absolute Gasteiger partial charge is 0.497 e. The molecular weight excluding hydrogens is 356 g/mol. The summed E-state index contributed by atoms with van der Waals surface area (Å²) in [6.45, 7) is 1.99. The molecule has 0 aliphatic rings. The predicted molar refractivity (Wildman–Crippen MR) is 101 cm³/mol. The van der Waals surface area contributed by atoms with Crippen molar-refractivity contribution in [2.75, 3.05) is 31.7 Å². The first-order valence-electron chi connectivity index (χ1n) is 8.07. The van der Waals surface area contributed by atoms with Gasteiger partial charge in [-0.2, -0.15) is 0 Å². The van der Waals surface area contributed by atoms with Gasteiger partial charge in [-0.05, 0) is 48.5 Å². The predicted octanol–water partition coefficient (Wildman–Crippen LogP) is 2.90. The van der Waals surface area contributed by atoms with Gasteiger partial charge in [0, 0.05) is 17.6 Å². The highest BCUT2D eigenvalue weighted by Crippen LogP contribution is 2.18. The Labute approximate surface area is 157 Å². The molecule has 0 bridgehead atoms. The molecule has 1 N–H and O–H groups in total. The summed E-state index contributed by atoms with van der Waals surface area (Å²) in [5.74, 6) is 0.939. The van der Waals surface area contributed by atoms with Crippen molar-refractivity contribution in [2.24, 2.45) is 0 Å². The zero-order valence-electron chi connectivity index (χ0n) is 14.7. The first-order valence-corrected chi connectivity index (χ1v) is 8.44. The number of carbonyl (C=O) groups excluding carboxylic acids is 2. The molecule has 0 unspecified atom stereocenters. The van der Waals surface area contributed by atoms with Crippen molar-refractivity contribution in [3.8, 4) is 11.5 Å². The van der Waals surface area contributed by atoms with Crippen LogP contribution >= 0.6 is 11.6 Å². The van der Waals surface area contributed by atoms with Gasteiger partial charge < -0.3 is 19.7 Å². The van der Waals surface area contributed by atoms with Crippen LogP contribution in [0.2, 0.25) is 5.02 Å².